The number of aryl methyl sites for hydroxylation is 2. The van der Waals surface area contributed by atoms with Crippen LogP contribution in [0.3, 0.4) is 0 Å². The highest BCUT2D eigenvalue weighted by atomic mass is 16.2. The molecule has 1 amide bonds. The molecule has 1 aliphatic carbocycles. The van der Waals surface area contributed by atoms with Gasteiger partial charge in [0.05, 0.1) is 11.0 Å². The Morgan fingerprint density at radius 3 is 2.62 bits per heavy atom. The molecule has 1 saturated carbocycles. The standard InChI is InChI=1S/C16H21N3O2/c1-18-13-7-6-11(10-14(13)19(2)16(18)21)8-9-17-15(20)12-4-3-5-12/h6-7,10,12H,3-5,8-9H2,1-2H3,(H,17,20). The van der Waals surface area contributed by atoms with Crippen LogP contribution in [0, 0.1) is 5.92 Å². The Morgan fingerprint density at radius 2 is 1.95 bits per heavy atom. The minimum Gasteiger partial charge on any atom is -0.356 e. The SMILES string of the molecule is Cn1c(=O)n(C)c2cc(CCNC(=O)C3CCC3)ccc21. The maximum Gasteiger partial charge on any atom is 0.328 e. The van der Waals surface area contributed by atoms with E-state index in [1.807, 2.05) is 18.2 Å². The van der Waals surface area contributed by atoms with E-state index < -0.39 is 0 Å². The molecule has 3 rings (SSSR count). The number of rotatable bonds is 4. The molecule has 112 valence electrons. The summed E-state index contributed by atoms with van der Waals surface area (Å²) in [7, 11) is 3.57. The highest BCUT2D eigenvalue weighted by molar-refractivity contribution is 5.79. The van der Waals surface area contributed by atoms with Gasteiger partial charge in [0.1, 0.15) is 0 Å². The van der Waals surface area contributed by atoms with Crippen molar-refractivity contribution in [2.75, 3.05) is 6.54 Å². The molecule has 0 aliphatic heterocycles. The molecule has 1 aromatic carbocycles. The number of imidazole rings is 1. The normalized spacial score (nSPS) is 15.1. The van der Waals surface area contributed by atoms with E-state index in [1.165, 1.54) is 6.42 Å². The van der Waals surface area contributed by atoms with Crippen molar-refractivity contribution >= 4 is 16.9 Å². The summed E-state index contributed by atoms with van der Waals surface area (Å²) in [6.07, 6.45) is 4.03. The van der Waals surface area contributed by atoms with E-state index in [0.29, 0.717) is 6.54 Å². The molecular formula is C16H21N3O2. The highest BCUT2D eigenvalue weighted by Crippen LogP contribution is 2.26. The van der Waals surface area contributed by atoms with Crippen LogP contribution in [0.4, 0.5) is 0 Å². The number of aromatic nitrogens is 2. The van der Waals surface area contributed by atoms with Crippen molar-refractivity contribution in [3.05, 3.63) is 34.2 Å². The second-order valence-corrected chi connectivity index (χ2v) is 5.89. The number of benzene rings is 1. The summed E-state index contributed by atoms with van der Waals surface area (Å²) in [5, 5.41) is 3.00. The Hall–Kier alpha value is -2.04. The molecule has 0 unspecified atom stereocenters. The van der Waals surface area contributed by atoms with E-state index in [2.05, 4.69) is 5.32 Å². The van der Waals surface area contributed by atoms with Gasteiger partial charge in [0.2, 0.25) is 5.91 Å². The molecule has 5 nitrogen and oxygen atoms in total. The van der Waals surface area contributed by atoms with Gasteiger partial charge in [0, 0.05) is 26.6 Å². The van der Waals surface area contributed by atoms with Crippen LogP contribution in [-0.2, 0) is 25.3 Å². The first-order valence-electron chi connectivity index (χ1n) is 7.50. The average molecular weight is 287 g/mol. The van der Waals surface area contributed by atoms with Crippen molar-refractivity contribution in [2.45, 2.75) is 25.7 Å². The van der Waals surface area contributed by atoms with Crippen LogP contribution in [0.5, 0.6) is 0 Å². The third-order valence-electron chi connectivity index (χ3n) is 4.53. The van der Waals surface area contributed by atoms with E-state index in [4.69, 9.17) is 0 Å². The van der Waals surface area contributed by atoms with Gasteiger partial charge in [-0.3, -0.25) is 13.9 Å². The molecule has 21 heavy (non-hydrogen) atoms. The number of nitrogens with one attached hydrogen (secondary N) is 1. The lowest BCUT2D eigenvalue weighted by molar-refractivity contribution is -0.127. The molecule has 0 radical (unpaired) electrons. The maximum atomic E-state index is 11.9. The molecule has 1 N–H and O–H groups in total. The minimum absolute atomic E-state index is 0.0135. The smallest absolute Gasteiger partial charge is 0.328 e. The lowest BCUT2D eigenvalue weighted by Gasteiger charge is -2.24. The van der Waals surface area contributed by atoms with Crippen molar-refractivity contribution in [3.63, 3.8) is 0 Å². The molecule has 2 aromatic rings. The summed E-state index contributed by atoms with van der Waals surface area (Å²) >= 11 is 0. The van der Waals surface area contributed by atoms with Gasteiger partial charge >= 0.3 is 5.69 Å². The fourth-order valence-electron chi connectivity index (χ4n) is 2.85. The molecule has 0 bridgehead atoms. The summed E-state index contributed by atoms with van der Waals surface area (Å²) in [5.41, 5.74) is 2.99. The number of carbonyl (C=O) groups excluding carboxylic acids is 1. The van der Waals surface area contributed by atoms with E-state index in [1.54, 1.807) is 23.2 Å². The number of hydrogen-bond acceptors (Lipinski definition) is 2. The van der Waals surface area contributed by atoms with Crippen LogP contribution < -0.4 is 11.0 Å². The van der Waals surface area contributed by atoms with Gasteiger partial charge in [-0.05, 0) is 37.0 Å². The number of amides is 1. The predicted octanol–water partition coefficient (Wildman–Crippen LogP) is 1.34. The third-order valence-corrected chi connectivity index (χ3v) is 4.53. The zero-order valence-electron chi connectivity index (χ0n) is 12.6. The molecule has 5 heteroatoms. The summed E-state index contributed by atoms with van der Waals surface area (Å²) in [6, 6.07) is 6.03. The monoisotopic (exact) mass is 287 g/mol. The van der Waals surface area contributed by atoms with Gasteiger partial charge in [-0.25, -0.2) is 4.79 Å². The number of carbonyl (C=O) groups is 1. The van der Waals surface area contributed by atoms with Crippen molar-refractivity contribution in [3.8, 4) is 0 Å². The predicted molar refractivity (Wildman–Crippen MR) is 82.2 cm³/mol. The van der Waals surface area contributed by atoms with Crippen LogP contribution in [0.2, 0.25) is 0 Å². The first-order chi connectivity index (χ1) is 10.1. The van der Waals surface area contributed by atoms with Gasteiger partial charge in [-0.2, -0.15) is 0 Å². The van der Waals surface area contributed by atoms with Crippen LogP contribution >= 0.6 is 0 Å². The molecule has 1 aliphatic rings. The zero-order chi connectivity index (χ0) is 15.0. The second kappa shape index (κ2) is 5.39. The number of nitrogens with zero attached hydrogens (tertiary/aromatic N) is 2. The van der Waals surface area contributed by atoms with Crippen LogP contribution in [0.15, 0.2) is 23.0 Å². The fourth-order valence-corrected chi connectivity index (χ4v) is 2.85. The van der Waals surface area contributed by atoms with Crippen molar-refractivity contribution in [1.82, 2.24) is 14.5 Å². The Kier molecular flexibility index (Phi) is 3.57. The Labute approximate surface area is 123 Å². The molecule has 0 atom stereocenters. The minimum atomic E-state index is -0.0135. The quantitative estimate of drug-likeness (QED) is 0.922. The number of hydrogen-bond donors (Lipinski definition) is 1. The highest BCUT2D eigenvalue weighted by Gasteiger charge is 2.24. The van der Waals surface area contributed by atoms with Crippen molar-refractivity contribution < 1.29 is 4.79 Å². The molecule has 0 saturated heterocycles. The van der Waals surface area contributed by atoms with Gasteiger partial charge < -0.3 is 5.32 Å². The van der Waals surface area contributed by atoms with E-state index in [-0.39, 0.29) is 17.5 Å². The van der Waals surface area contributed by atoms with Gasteiger partial charge in [-0.1, -0.05) is 12.5 Å². The van der Waals surface area contributed by atoms with Gasteiger partial charge in [0.15, 0.2) is 0 Å². The molecular weight excluding hydrogens is 266 g/mol. The second-order valence-electron chi connectivity index (χ2n) is 5.89. The Balaban J connectivity index is 1.68. The first kappa shape index (κ1) is 13.9. The lowest BCUT2D eigenvalue weighted by atomic mass is 9.85. The molecule has 1 heterocycles. The zero-order valence-corrected chi connectivity index (χ0v) is 12.6. The van der Waals surface area contributed by atoms with Gasteiger partial charge in [0.25, 0.3) is 0 Å². The van der Waals surface area contributed by atoms with Gasteiger partial charge in [-0.15, -0.1) is 0 Å². The molecule has 1 fully saturated rings. The lowest BCUT2D eigenvalue weighted by Crippen LogP contribution is -2.35. The number of fused-ring (bicyclic) bond motifs is 1. The Morgan fingerprint density at radius 1 is 1.24 bits per heavy atom. The van der Waals surface area contributed by atoms with Crippen molar-refractivity contribution in [2.24, 2.45) is 20.0 Å². The topological polar surface area (TPSA) is 56.0 Å². The molecule has 0 spiro atoms. The summed E-state index contributed by atoms with van der Waals surface area (Å²) in [4.78, 5) is 23.7. The average Bonchev–Trinajstić information content (AvgIpc) is 2.62. The van der Waals surface area contributed by atoms with Crippen LogP contribution in [0.1, 0.15) is 24.8 Å². The first-order valence-corrected chi connectivity index (χ1v) is 7.50. The van der Waals surface area contributed by atoms with E-state index in [0.717, 1.165) is 35.9 Å². The summed E-state index contributed by atoms with van der Waals surface area (Å²) < 4.78 is 3.31. The summed E-state index contributed by atoms with van der Waals surface area (Å²) in [6.45, 7) is 0.654. The van der Waals surface area contributed by atoms with E-state index in [9.17, 15) is 9.59 Å². The van der Waals surface area contributed by atoms with Crippen LogP contribution in [0.25, 0.3) is 11.0 Å². The largest absolute Gasteiger partial charge is 0.356 e. The van der Waals surface area contributed by atoms with Crippen molar-refractivity contribution in [1.29, 1.82) is 0 Å². The fraction of sp³-hybridized carbons (Fsp3) is 0.500. The third kappa shape index (κ3) is 2.48. The molecule has 1 aromatic heterocycles. The summed E-state index contributed by atoms with van der Waals surface area (Å²) in [5.74, 6) is 0.428. The van der Waals surface area contributed by atoms with E-state index >= 15 is 0 Å². The maximum absolute atomic E-state index is 11.9. The Bertz CT molecular complexity index is 738. The van der Waals surface area contributed by atoms with Crippen LogP contribution in [-0.4, -0.2) is 21.6 Å².